The molecule has 0 heterocycles. The highest BCUT2D eigenvalue weighted by atomic mass is 127. The molecule has 0 radical (unpaired) electrons. The molecule has 0 spiro atoms. The fourth-order valence-corrected chi connectivity index (χ4v) is 2.47. The van der Waals surface area contributed by atoms with Crippen LogP contribution in [-0.4, -0.2) is 22.4 Å². The van der Waals surface area contributed by atoms with E-state index >= 15 is 0 Å². The van der Waals surface area contributed by atoms with E-state index in [0.29, 0.717) is 17.7 Å². The third kappa shape index (κ3) is 3.79. The van der Waals surface area contributed by atoms with Crippen LogP contribution in [0, 0.1) is 9.49 Å². The second kappa shape index (κ2) is 6.67. The number of hydrogen-bond donors (Lipinski definition) is 2. The Balaban J connectivity index is 2.97. The number of halogens is 1. The van der Waals surface area contributed by atoms with Crippen molar-refractivity contribution in [2.24, 2.45) is 5.92 Å². The van der Waals surface area contributed by atoms with Crippen LogP contribution < -0.4 is 5.32 Å². The van der Waals surface area contributed by atoms with Crippen LogP contribution in [0.2, 0.25) is 0 Å². The zero-order valence-corrected chi connectivity index (χ0v) is 14.3. The molecule has 0 saturated heterocycles. The highest BCUT2D eigenvalue weighted by molar-refractivity contribution is 14.1. The standard InChI is InChI=1S/C15H20INO3/c1-5-9(2)15(4,20)14(19)17-11-6-7-13(16)12(8-11)10(3)18/h6-9,20H,5H2,1-4H3,(H,17,19). The van der Waals surface area contributed by atoms with Gasteiger partial charge in [-0.3, -0.25) is 9.59 Å². The van der Waals surface area contributed by atoms with Crippen molar-refractivity contribution in [2.75, 3.05) is 5.32 Å². The smallest absolute Gasteiger partial charge is 0.256 e. The third-order valence-electron chi connectivity index (χ3n) is 3.64. The Morgan fingerprint density at radius 3 is 2.55 bits per heavy atom. The molecular formula is C15H20INO3. The molecule has 0 bridgehead atoms. The van der Waals surface area contributed by atoms with Crippen LogP contribution in [0.15, 0.2) is 18.2 Å². The Labute approximate surface area is 133 Å². The van der Waals surface area contributed by atoms with Gasteiger partial charge < -0.3 is 10.4 Å². The second-order valence-electron chi connectivity index (χ2n) is 5.16. The minimum atomic E-state index is -1.44. The molecule has 1 aromatic rings. The van der Waals surface area contributed by atoms with Crippen molar-refractivity contribution in [3.05, 3.63) is 27.3 Å². The highest BCUT2D eigenvalue weighted by Gasteiger charge is 2.35. The minimum Gasteiger partial charge on any atom is -0.380 e. The van der Waals surface area contributed by atoms with Crippen LogP contribution in [0.1, 0.15) is 44.5 Å². The maximum absolute atomic E-state index is 12.2. The summed E-state index contributed by atoms with van der Waals surface area (Å²) in [5.41, 5.74) is -0.357. The molecule has 0 aliphatic carbocycles. The summed E-state index contributed by atoms with van der Waals surface area (Å²) in [6.45, 7) is 6.74. The summed E-state index contributed by atoms with van der Waals surface area (Å²) in [5.74, 6) is -0.666. The maximum Gasteiger partial charge on any atom is 0.256 e. The molecule has 0 aliphatic heterocycles. The normalized spacial score (nSPS) is 15.3. The molecule has 2 atom stereocenters. The van der Waals surface area contributed by atoms with Gasteiger partial charge >= 0.3 is 0 Å². The molecule has 1 rings (SSSR count). The number of benzene rings is 1. The fourth-order valence-electron chi connectivity index (χ4n) is 1.75. The summed E-state index contributed by atoms with van der Waals surface area (Å²) in [7, 11) is 0. The molecule has 0 aromatic heterocycles. The first-order valence-electron chi connectivity index (χ1n) is 6.54. The van der Waals surface area contributed by atoms with E-state index in [1.54, 1.807) is 18.2 Å². The van der Waals surface area contributed by atoms with Crippen molar-refractivity contribution < 1.29 is 14.7 Å². The van der Waals surface area contributed by atoms with Gasteiger partial charge in [0.2, 0.25) is 0 Å². The van der Waals surface area contributed by atoms with Gasteiger partial charge in [0.1, 0.15) is 5.60 Å². The number of carbonyl (C=O) groups is 2. The minimum absolute atomic E-state index is 0.0563. The lowest BCUT2D eigenvalue weighted by atomic mass is 9.88. The van der Waals surface area contributed by atoms with Crippen molar-refractivity contribution in [1.29, 1.82) is 0 Å². The molecule has 0 aliphatic rings. The first-order valence-corrected chi connectivity index (χ1v) is 7.62. The number of amides is 1. The maximum atomic E-state index is 12.2. The monoisotopic (exact) mass is 389 g/mol. The van der Waals surface area contributed by atoms with Crippen LogP contribution in [0.25, 0.3) is 0 Å². The molecular weight excluding hydrogens is 369 g/mol. The predicted molar refractivity (Wildman–Crippen MR) is 87.9 cm³/mol. The van der Waals surface area contributed by atoms with Crippen molar-refractivity contribution in [2.45, 2.75) is 39.7 Å². The molecule has 110 valence electrons. The zero-order chi connectivity index (χ0) is 15.5. The van der Waals surface area contributed by atoms with E-state index in [4.69, 9.17) is 0 Å². The van der Waals surface area contributed by atoms with Crippen molar-refractivity contribution >= 4 is 40.0 Å². The van der Waals surface area contributed by atoms with E-state index in [1.165, 1.54) is 13.8 Å². The largest absolute Gasteiger partial charge is 0.380 e. The fraction of sp³-hybridized carbons (Fsp3) is 0.467. The number of carbonyl (C=O) groups excluding carboxylic acids is 2. The van der Waals surface area contributed by atoms with Gasteiger partial charge in [0.15, 0.2) is 5.78 Å². The highest BCUT2D eigenvalue weighted by Crippen LogP contribution is 2.23. The average molecular weight is 389 g/mol. The third-order valence-corrected chi connectivity index (χ3v) is 4.58. The first-order chi connectivity index (χ1) is 9.20. The molecule has 20 heavy (non-hydrogen) atoms. The van der Waals surface area contributed by atoms with Crippen LogP contribution >= 0.6 is 22.6 Å². The van der Waals surface area contributed by atoms with Gasteiger partial charge in [-0.25, -0.2) is 0 Å². The van der Waals surface area contributed by atoms with E-state index in [1.807, 2.05) is 13.8 Å². The topological polar surface area (TPSA) is 66.4 Å². The van der Waals surface area contributed by atoms with Gasteiger partial charge in [0, 0.05) is 14.8 Å². The summed E-state index contributed by atoms with van der Waals surface area (Å²) in [4.78, 5) is 23.6. The number of Topliss-reactive ketones (excluding diaryl/α,β-unsaturated/α-hetero) is 1. The van der Waals surface area contributed by atoms with E-state index in [-0.39, 0.29) is 11.7 Å². The van der Waals surface area contributed by atoms with Gasteiger partial charge in [-0.15, -0.1) is 0 Å². The summed E-state index contributed by atoms with van der Waals surface area (Å²) >= 11 is 2.08. The Kier molecular flexibility index (Phi) is 5.70. The lowest BCUT2D eigenvalue weighted by Gasteiger charge is -2.28. The average Bonchev–Trinajstić information content (AvgIpc) is 2.39. The molecule has 2 unspecified atom stereocenters. The van der Waals surface area contributed by atoms with E-state index in [0.717, 1.165) is 3.57 Å². The summed E-state index contributed by atoms with van der Waals surface area (Å²) in [5, 5.41) is 12.9. The SMILES string of the molecule is CCC(C)C(C)(O)C(=O)Nc1ccc(I)c(C(C)=O)c1. The lowest BCUT2D eigenvalue weighted by Crippen LogP contribution is -2.45. The van der Waals surface area contributed by atoms with Crippen LogP contribution in [0.4, 0.5) is 5.69 Å². The van der Waals surface area contributed by atoms with E-state index in [9.17, 15) is 14.7 Å². The number of rotatable bonds is 5. The quantitative estimate of drug-likeness (QED) is 0.600. The van der Waals surface area contributed by atoms with Gasteiger partial charge in [-0.1, -0.05) is 20.3 Å². The lowest BCUT2D eigenvalue weighted by molar-refractivity contribution is -0.137. The Morgan fingerprint density at radius 2 is 2.05 bits per heavy atom. The molecule has 1 amide bonds. The molecule has 0 saturated carbocycles. The molecule has 0 fully saturated rings. The summed E-state index contributed by atoms with van der Waals surface area (Å²) in [6.07, 6.45) is 0.700. The number of hydrogen-bond acceptors (Lipinski definition) is 3. The summed E-state index contributed by atoms with van der Waals surface area (Å²) in [6, 6.07) is 5.12. The predicted octanol–water partition coefficient (Wildman–Crippen LogP) is 3.23. The van der Waals surface area contributed by atoms with Gasteiger partial charge in [-0.2, -0.15) is 0 Å². The first kappa shape index (κ1) is 17.1. The number of ketones is 1. The van der Waals surface area contributed by atoms with Crippen molar-refractivity contribution in [3.8, 4) is 0 Å². The Morgan fingerprint density at radius 1 is 1.45 bits per heavy atom. The number of aliphatic hydroxyl groups is 1. The Bertz CT molecular complexity index is 526. The van der Waals surface area contributed by atoms with Gasteiger partial charge in [0.05, 0.1) is 0 Å². The van der Waals surface area contributed by atoms with Crippen LogP contribution in [-0.2, 0) is 4.79 Å². The van der Waals surface area contributed by atoms with Crippen LogP contribution in [0.5, 0.6) is 0 Å². The van der Waals surface area contributed by atoms with Gasteiger partial charge in [0.25, 0.3) is 5.91 Å². The van der Waals surface area contributed by atoms with Crippen molar-refractivity contribution in [1.82, 2.24) is 0 Å². The van der Waals surface area contributed by atoms with E-state index < -0.39 is 11.5 Å². The zero-order valence-electron chi connectivity index (χ0n) is 12.2. The van der Waals surface area contributed by atoms with Crippen LogP contribution in [0.3, 0.4) is 0 Å². The summed E-state index contributed by atoms with van der Waals surface area (Å²) < 4.78 is 0.835. The van der Waals surface area contributed by atoms with Crippen molar-refractivity contribution in [3.63, 3.8) is 0 Å². The molecule has 4 nitrogen and oxygen atoms in total. The second-order valence-corrected chi connectivity index (χ2v) is 6.32. The van der Waals surface area contributed by atoms with Gasteiger partial charge in [-0.05, 0) is 60.6 Å². The van der Waals surface area contributed by atoms with E-state index in [2.05, 4.69) is 27.9 Å². The molecule has 1 aromatic carbocycles. The number of nitrogens with one attached hydrogen (secondary N) is 1. The Hall–Kier alpha value is -0.950. The molecule has 2 N–H and O–H groups in total. The number of anilines is 1. The molecule has 5 heteroatoms.